The highest BCUT2D eigenvalue weighted by atomic mass is 32.1. The minimum Gasteiger partial charge on any atom is -0.383 e. The summed E-state index contributed by atoms with van der Waals surface area (Å²) < 4.78 is 5.05. The van der Waals surface area contributed by atoms with Gasteiger partial charge in [0.25, 0.3) is 0 Å². The summed E-state index contributed by atoms with van der Waals surface area (Å²) in [6, 6.07) is 6.37. The number of hydrogen-bond donors (Lipinski definition) is 2. The number of nitrogens with one attached hydrogen (secondary N) is 2. The summed E-state index contributed by atoms with van der Waals surface area (Å²) in [5.74, 6) is 0. The van der Waals surface area contributed by atoms with Crippen LogP contribution < -0.4 is 10.6 Å². The van der Waals surface area contributed by atoms with Crippen molar-refractivity contribution in [3.63, 3.8) is 0 Å². The number of anilines is 1. The standard InChI is InChI=1S/C13H20N2OS/c1-9-6-5-7-10(2)12(9)15-13(17)14-11(3)8-16-4/h5-7,11H,8H2,1-4H3,(H2,14,15,17). The maximum Gasteiger partial charge on any atom is 0.171 e. The lowest BCUT2D eigenvalue weighted by atomic mass is 10.1. The zero-order valence-electron chi connectivity index (χ0n) is 10.8. The first kappa shape index (κ1) is 13.9. The van der Waals surface area contributed by atoms with Crippen molar-refractivity contribution in [2.45, 2.75) is 26.8 Å². The van der Waals surface area contributed by atoms with Gasteiger partial charge in [-0.1, -0.05) is 18.2 Å². The van der Waals surface area contributed by atoms with Crippen LogP contribution in [-0.2, 0) is 4.74 Å². The minimum absolute atomic E-state index is 0.198. The summed E-state index contributed by atoms with van der Waals surface area (Å²) in [5, 5.41) is 7.04. The smallest absolute Gasteiger partial charge is 0.171 e. The highest BCUT2D eigenvalue weighted by Gasteiger charge is 2.06. The molecule has 0 spiro atoms. The first-order chi connectivity index (χ1) is 8.04. The maximum absolute atomic E-state index is 5.27. The Morgan fingerprint density at radius 1 is 1.35 bits per heavy atom. The van der Waals surface area contributed by atoms with E-state index < -0.39 is 0 Å². The number of benzene rings is 1. The number of thiocarbonyl (C=S) groups is 1. The molecule has 0 amide bonds. The molecule has 0 bridgehead atoms. The summed E-state index contributed by atoms with van der Waals surface area (Å²) >= 11 is 5.27. The van der Waals surface area contributed by atoms with Gasteiger partial charge in [0.1, 0.15) is 0 Å². The van der Waals surface area contributed by atoms with Crippen LogP contribution in [0.3, 0.4) is 0 Å². The van der Waals surface area contributed by atoms with Crippen LogP contribution in [0, 0.1) is 13.8 Å². The van der Waals surface area contributed by atoms with Crippen LogP contribution in [0.1, 0.15) is 18.1 Å². The molecule has 2 N–H and O–H groups in total. The second-order valence-electron chi connectivity index (χ2n) is 4.22. The van der Waals surface area contributed by atoms with Crippen LogP contribution in [0.25, 0.3) is 0 Å². The van der Waals surface area contributed by atoms with Gasteiger partial charge >= 0.3 is 0 Å². The first-order valence-electron chi connectivity index (χ1n) is 5.67. The van der Waals surface area contributed by atoms with Gasteiger partial charge in [-0.05, 0) is 44.1 Å². The van der Waals surface area contributed by atoms with E-state index >= 15 is 0 Å². The van der Waals surface area contributed by atoms with Crippen molar-refractivity contribution in [2.75, 3.05) is 19.0 Å². The van der Waals surface area contributed by atoms with Crippen molar-refractivity contribution in [1.82, 2.24) is 5.32 Å². The summed E-state index contributed by atoms with van der Waals surface area (Å²) in [7, 11) is 1.68. The Morgan fingerprint density at radius 2 is 1.94 bits per heavy atom. The Morgan fingerprint density at radius 3 is 2.47 bits per heavy atom. The monoisotopic (exact) mass is 252 g/mol. The number of para-hydroxylation sites is 1. The fourth-order valence-corrected chi connectivity index (χ4v) is 1.98. The van der Waals surface area contributed by atoms with E-state index in [1.165, 1.54) is 11.1 Å². The van der Waals surface area contributed by atoms with Crippen LogP contribution in [0.5, 0.6) is 0 Å². The molecule has 0 aliphatic rings. The summed E-state index contributed by atoms with van der Waals surface area (Å²) in [5.41, 5.74) is 3.46. The topological polar surface area (TPSA) is 33.3 Å². The number of aryl methyl sites for hydroxylation is 2. The van der Waals surface area contributed by atoms with E-state index in [0.29, 0.717) is 11.7 Å². The number of rotatable bonds is 4. The molecule has 0 fully saturated rings. The van der Waals surface area contributed by atoms with E-state index in [2.05, 4.69) is 36.6 Å². The van der Waals surface area contributed by atoms with Crippen molar-refractivity contribution < 1.29 is 4.74 Å². The molecule has 1 atom stereocenters. The second kappa shape index (κ2) is 6.57. The Labute approximate surface area is 109 Å². The third-order valence-electron chi connectivity index (χ3n) is 2.51. The van der Waals surface area contributed by atoms with E-state index in [-0.39, 0.29) is 6.04 Å². The number of methoxy groups -OCH3 is 1. The van der Waals surface area contributed by atoms with Gasteiger partial charge in [-0.25, -0.2) is 0 Å². The molecule has 0 heterocycles. The molecular formula is C13H20N2OS. The van der Waals surface area contributed by atoms with E-state index in [1.807, 2.05) is 13.0 Å². The molecule has 1 rings (SSSR count). The SMILES string of the molecule is COCC(C)NC(=S)Nc1c(C)cccc1C. The molecule has 94 valence electrons. The Bertz CT molecular complexity index is 373. The van der Waals surface area contributed by atoms with Crippen LogP contribution >= 0.6 is 12.2 Å². The molecule has 0 radical (unpaired) electrons. The van der Waals surface area contributed by atoms with E-state index in [4.69, 9.17) is 17.0 Å². The molecule has 0 aliphatic heterocycles. The van der Waals surface area contributed by atoms with E-state index in [9.17, 15) is 0 Å². The number of ether oxygens (including phenoxy) is 1. The lowest BCUT2D eigenvalue weighted by Crippen LogP contribution is -2.38. The molecular weight excluding hydrogens is 232 g/mol. The van der Waals surface area contributed by atoms with Gasteiger partial charge in [-0.3, -0.25) is 0 Å². The van der Waals surface area contributed by atoms with Crippen LogP contribution in [0.2, 0.25) is 0 Å². The molecule has 0 saturated heterocycles. The predicted molar refractivity (Wildman–Crippen MR) is 76.6 cm³/mol. The fraction of sp³-hybridized carbons (Fsp3) is 0.462. The van der Waals surface area contributed by atoms with E-state index in [1.54, 1.807) is 7.11 Å². The first-order valence-corrected chi connectivity index (χ1v) is 6.08. The maximum atomic E-state index is 5.27. The second-order valence-corrected chi connectivity index (χ2v) is 4.63. The predicted octanol–water partition coefficient (Wildman–Crippen LogP) is 2.62. The van der Waals surface area contributed by atoms with E-state index in [0.717, 1.165) is 5.69 Å². The number of hydrogen-bond acceptors (Lipinski definition) is 2. The van der Waals surface area contributed by atoms with Crippen LogP contribution in [-0.4, -0.2) is 24.9 Å². The van der Waals surface area contributed by atoms with Crippen molar-refractivity contribution in [1.29, 1.82) is 0 Å². The van der Waals surface area contributed by atoms with Gasteiger partial charge in [0.15, 0.2) is 5.11 Å². The van der Waals surface area contributed by atoms with Crippen molar-refractivity contribution in [3.05, 3.63) is 29.3 Å². The fourth-order valence-electron chi connectivity index (χ4n) is 1.68. The summed E-state index contributed by atoms with van der Waals surface area (Å²) in [6.07, 6.45) is 0. The highest BCUT2D eigenvalue weighted by Crippen LogP contribution is 2.19. The highest BCUT2D eigenvalue weighted by molar-refractivity contribution is 7.80. The molecule has 1 unspecified atom stereocenters. The lowest BCUT2D eigenvalue weighted by molar-refractivity contribution is 0.179. The Balaban J connectivity index is 2.62. The summed E-state index contributed by atoms with van der Waals surface area (Å²) in [6.45, 7) is 6.80. The molecule has 1 aromatic carbocycles. The zero-order chi connectivity index (χ0) is 12.8. The van der Waals surface area contributed by atoms with Crippen LogP contribution in [0.15, 0.2) is 18.2 Å². The molecule has 17 heavy (non-hydrogen) atoms. The Kier molecular flexibility index (Phi) is 5.38. The van der Waals surface area contributed by atoms with Gasteiger partial charge in [-0.15, -0.1) is 0 Å². The third kappa shape index (κ3) is 4.32. The minimum atomic E-state index is 0.198. The van der Waals surface area contributed by atoms with Gasteiger partial charge in [-0.2, -0.15) is 0 Å². The van der Waals surface area contributed by atoms with Gasteiger partial charge in [0, 0.05) is 18.8 Å². The largest absolute Gasteiger partial charge is 0.383 e. The van der Waals surface area contributed by atoms with Crippen LogP contribution in [0.4, 0.5) is 5.69 Å². The van der Waals surface area contributed by atoms with Crippen molar-refractivity contribution >= 4 is 23.0 Å². The summed E-state index contributed by atoms with van der Waals surface area (Å²) in [4.78, 5) is 0. The average Bonchev–Trinajstić information content (AvgIpc) is 2.24. The third-order valence-corrected chi connectivity index (χ3v) is 2.73. The Hall–Kier alpha value is -1.13. The van der Waals surface area contributed by atoms with Crippen molar-refractivity contribution in [2.24, 2.45) is 0 Å². The van der Waals surface area contributed by atoms with Gasteiger partial charge in [0.2, 0.25) is 0 Å². The average molecular weight is 252 g/mol. The normalized spacial score (nSPS) is 12.0. The van der Waals surface area contributed by atoms with Gasteiger partial charge < -0.3 is 15.4 Å². The zero-order valence-corrected chi connectivity index (χ0v) is 11.6. The molecule has 0 aliphatic carbocycles. The lowest BCUT2D eigenvalue weighted by Gasteiger charge is -2.18. The molecule has 0 saturated carbocycles. The van der Waals surface area contributed by atoms with Crippen molar-refractivity contribution in [3.8, 4) is 0 Å². The molecule has 4 heteroatoms. The molecule has 0 aromatic heterocycles. The molecule has 3 nitrogen and oxygen atoms in total. The molecule has 1 aromatic rings. The quantitative estimate of drug-likeness (QED) is 0.807. The van der Waals surface area contributed by atoms with Gasteiger partial charge in [0.05, 0.1) is 6.61 Å².